The van der Waals surface area contributed by atoms with Crippen molar-refractivity contribution in [2.24, 2.45) is 0 Å². The predicted octanol–water partition coefficient (Wildman–Crippen LogP) is 2.23. The highest BCUT2D eigenvalue weighted by molar-refractivity contribution is 5.27. The Hall–Kier alpha value is -0.940. The van der Waals surface area contributed by atoms with Crippen LogP contribution in [0.3, 0.4) is 0 Å². The Morgan fingerprint density at radius 3 is 2.52 bits per heavy atom. The van der Waals surface area contributed by atoms with Gasteiger partial charge in [-0.3, -0.25) is 9.80 Å². The van der Waals surface area contributed by atoms with Gasteiger partial charge >= 0.3 is 0 Å². The standard InChI is InChI=1S/C21H30N3O/c1-2-4-16(5-3-1)20-12-21(20)22-17-6-9-23(10-7-17)19-13-24(14-19)18-8-11-25-15-18/h1-5,17-18,20-22H,6-15H2/t18?,20-,21+/m0/s1. The molecule has 3 saturated heterocycles. The largest absolute Gasteiger partial charge is 0.380 e. The van der Waals surface area contributed by atoms with E-state index >= 15 is 0 Å². The molecule has 1 N–H and O–H groups in total. The van der Waals surface area contributed by atoms with Crippen LogP contribution < -0.4 is 5.32 Å². The second-order valence-corrected chi connectivity index (χ2v) is 8.28. The van der Waals surface area contributed by atoms with Crippen molar-refractivity contribution < 1.29 is 4.74 Å². The van der Waals surface area contributed by atoms with Crippen molar-refractivity contribution in [1.82, 2.24) is 15.1 Å². The SMILES string of the molecule is c1ccc([C@@H]2C[C@H]2NC2CCN([C]3CN(C4CCOC4)C3)CC2)cc1. The number of likely N-dealkylation sites (tertiary alicyclic amines) is 2. The third-order valence-corrected chi connectivity index (χ3v) is 6.60. The van der Waals surface area contributed by atoms with Gasteiger partial charge in [0, 0.05) is 56.8 Å². The average Bonchev–Trinajstić information content (AvgIpc) is 3.17. The monoisotopic (exact) mass is 340 g/mol. The van der Waals surface area contributed by atoms with Crippen LogP contribution in [0.4, 0.5) is 0 Å². The molecule has 3 heterocycles. The Kier molecular flexibility index (Phi) is 4.55. The third kappa shape index (κ3) is 3.50. The van der Waals surface area contributed by atoms with E-state index in [9.17, 15) is 0 Å². The number of rotatable bonds is 5. The summed E-state index contributed by atoms with van der Waals surface area (Å²) in [5, 5.41) is 3.93. The van der Waals surface area contributed by atoms with Crippen molar-refractivity contribution in [2.45, 2.75) is 49.7 Å². The van der Waals surface area contributed by atoms with Crippen LogP contribution >= 0.6 is 0 Å². The van der Waals surface area contributed by atoms with E-state index in [1.54, 1.807) is 6.04 Å². The molecule has 1 radical (unpaired) electrons. The lowest BCUT2D eigenvalue weighted by molar-refractivity contribution is 0.0507. The van der Waals surface area contributed by atoms with E-state index in [4.69, 9.17) is 4.74 Å². The second kappa shape index (κ2) is 6.99. The van der Waals surface area contributed by atoms with Gasteiger partial charge < -0.3 is 10.1 Å². The van der Waals surface area contributed by atoms with E-state index in [2.05, 4.69) is 45.4 Å². The van der Waals surface area contributed by atoms with Gasteiger partial charge in [-0.25, -0.2) is 0 Å². The normalized spacial score (nSPS) is 35.0. The molecular weight excluding hydrogens is 310 g/mol. The Bertz CT molecular complexity index is 560. The minimum atomic E-state index is 0.688. The van der Waals surface area contributed by atoms with Crippen molar-refractivity contribution in [3.8, 4) is 0 Å². The van der Waals surface area contributed by atoms with Gasteiger partial charge in [0.2, 0.25) is 0 Å². The highest BCUT2D eigenvalue weighted by Gasteiger charge is 2.42. The molecule has 1 aromatic carbocycles. The molecule has 0 bridgehead atoms. The Labute approximate surface area is 151 Å². The van der Waals surface area contributed by atoms with Gasteiger partial charge in [-0.2, -0.15) is 0 Å². The summed E-state index contributed by atoms with van der Waals surface area (Å²) in [6, 6.07) is 14.8. The number of nitrogens with zero attached hydrogens (tertiary/aromatic N) is 2. The van der Waals surface area contributed by atoms with Gasteiger partial charge in [0.25, 0.3) is 0 Å². The van der Waals surface area contributed by atoms with Crippen LogP contribution in [0.2, 0.25) is 0 Å². The van der Waals surface area contributed by atoms with Gasteiger partial charge in [0.15, 0.2) is 0 Å². The van der Waals surface area contributed by atoms with Crippen molar-refractivity contribution in [3.05, 3.63) is 41.9 Å². The van der Waals surface area contributed by atoms with E-state index < -0.39 is 0 Å². The maximum Gasteiger partial charge on any atom is 0.0674 e. The number of nitrogens with one attached hydrogen (secondary N) is 1. The number of hydrogen-bond donors (Lipinski definition) is 1. The van der Waals surface area contributed by atoms with E-state index in [0.29, 0.717) is 12.1 Å². The molecular formula is C21H30N3O. The molecule has 1 aromatic rings. The van der Waals surface area contributed by atoms with E-state index in [0.717, 1.165) is 25.2 Å². The first-order chi connectivity index (χ1) is 12.4. The van der Waals surface area contributed by atoms with Crippen LogP contribution in [0.5, 0.6) is 0 Å². The fraction of sp³-hybridized carbons (Fsp3) is 0.667. The lowest BCUT2D eigenvalue weighted by atomic mass is 9.98. The predicted molar refractivity (Wildman–Crippen MR) is 99.4 cm³/mol. The zero-order chi connectivity index (χ0) is 16.6. The lowest BCUT2D eigenvalue weighted by Crippen LogP contribution is -2.59. The van der Waals surface area contributed by atoms with Crippen molar-refractivity contribution in [1.29, 1.82) is 0 Å². The first kappa shape index (κ1) is 16.2. The number of ether oxygens (including phenoxy) is 1. The summed E-state index contributed by atoms with van der Waals surface area (Å²) >= 11 is 0. The van der Waals surface area contributed by atoms with Crippen LogP contribution in [-0.4, -0.2) is 67.3 Å². The summed E-state index contributed by atoms with van der Waals surface area (Å²) < 4.78 is 5.52. The summed E-state index contributed by atoms with van der Waals surface area (Å²) in [6.07, 6.45) is 5.14. The molecule has 135 valence electrons. The summed E-state index contributed by atoms with van der Waals surface area (Å²) in [7, 11) is 0. The molecule has 0 spiro atoms. The van der Waals surface area contributed by atoms with Gasteiger partial charge in [-0.1, -0.05) is 30.3 Å². The fourth-order valence-electron chi connectivity index (χ4n) is 4.80. The topological polar surface area (TPSA) is 27.7 Å². The molecule has 0 aromatic heterocycles. The summed E-state index contributed by atoms with van der Waals surface area (Å²) in [5.41, 5.74) is 1.51. The van der Waals surface area contributed by atoms with Gasteiger partial charge in [0.05, 0.1) is 12.6 Å². The summed E-state index contributed by atoms with van der Waals surface area (Å²) in [4.78, 5) is 5.26. The third-order valence-electron chi connectivity index (χ3n) is 6.60. The molecule has 4 fully saturated rings. The van der Waals surface area contributed by atoms with Crippen molar-refractivity contribution in [2.75, 3.05) is 39.4 Å². The number of benzene rings is 1. The maximum absolute atomic E-state index is 5.52. The second-order valence-electron chi connectivity index (χ2n) is 8.28. The van der Waals surface area contributed by atoms with Crippen LogP contribution in [0.15, 0.2) is 30.3 Å². The molecule has 4 heteroatoms. The quantitative estimate of drug-likeness (QED) is 0.890. The zero-order valence-electron chi connectivity index (χ0n) is 15.1. The van der Waals surface area contributed by atoms with Crippen LogP contribution in [0, 0.1) is 6.04 Å². The smallest absolute Gasteiger partial charge is 0.0674 e. The molecule has 3 aliphatic heterocycles. The van der Waals surface area contributed by atoms with Crippen LogP contribution in [0.25, 0.3) is 0 Å². The summed E-state index contributed by atoms with van der Waals surface area (Å²) in [5.74, 6) is 0.752. The molecule has 1 unspecified atom stereocenters. The molecule has 1 saturated carbocycles. The first-order valence-electron chi connectivity index (χ1n) is 10.1. The molecule has 4 aliphatic rings. The maximum atomic E-state index is 5.52. The van der Waals surface area contributed by atoms with Gasteiger partial charge in [0.1, 0.15) is 0 Å². The average molecular weight is 340 g/mol. The number of piperidine rings is 1. The van der Waals surface area contributed by atoms with Crippen LogP contribution in [0.1, 0.15) is 37.2 Å². The highest BCUT2D eigenvalue weighted by Crippen LogP contribution is 2.41. The van der Waals surface area contributed by atoms with E-state index in [-0.39, 0.29) is 0 Å². The minimum Gasteiger partial charge on any atom is -0.380 e. The van der Waals surface area contributed by atoms with Gasteiger partial charge in [-0.05, 0) is 31.2 Å². The lowest BCUT2D eigenvalue weighted by Gasteiger charge is -2.49. The van der Waals surface area contributed by atoms with E-state index in [1.165, 1.54) is 57.4 Å². The molecule has 25 heavy (non-hydrogen) atoms. The molecule has 1 aliphatic carbocycles. The summed E-state index contributed by atoms with van der Waals surface area (Å²) in [6.45, 7) is 6.76. The highest BCUT2D eigenvalue weighted by atomic mass is 16.5. The molecule has 5 rings (SSSR count). The first-order valence-corrected chi connectivity index (χ1v) is 10.1. The Morgan fingerprint density at radius 1 is 1.00 bits per heavy atom. The molecule has 0 amide bonds. The molecule has 4 nitrogen and oxygen atoms in total. The van der Waals surface area contributed by atoms with Gasteiger partial charge in [-0.15, -0.1) is 0 Å². The minimum absolute atomic E-state index is 0.688. The van der Waals surface area contributed by atoms with Crippen LogP contribution in [-0.2, 0) is 4.74 Å². The van der Waals surface area contributed by atoms with Crippen molar-refractivity contribution >= 4 is 0 Å². The van der Waals surface area contributed by atoms with E-state index in [1.807, 2.05) is 0 Å². The Morgan fingerprint density at radius 2 is 1.80 bits per heavy atom. The van der Waals surface area contributed by atoms with Crippen molar-refractivity contribution in [3.63, 3.8) is 0 Å². The molecule has 3 atom stereocenters. The fourth-order valence-corrected chi connectivity index (χ4v) is 4.80. The zero-order valence-corrected chi connectivity index (χ0v) is 15.1. The Balaban J connectivity index is 1.03. The number of hydrogen-bond acceptors (Lipinski definition) is 4.